The molecule has 0 radical (unpaired) electrons. The van der Waals surface area contributed by atoms with Gasteiger partial charge in [0.2, 0.25) is 0 Å². The number of esters is 1. The number of carbonyl (C=O) groups is 1. The summed E-state index contributed by atoms with van der Waals surface area (Å²) in [5.41, 5.74) is 1.32. The molecule has 118 valence electrons. The lowest BCUT2D eigenvalue weighted by atomic mass is 10.1. The summed E-state index contributed by atoms with van der Waals surface area (Å²) in [5, 5.41) is 0. The highest BCUT2D eigenvalue weighted by Crippen LogP contribution is 2.19. The lowest BCUT2D eigenvalue weighted by molar-refractivity contribution is -0.959. The number of likely N-dealkylation sites (N-methyl/N-ethyl adjacent to an activating group) is 1. The highest BCUT2D eigenvalue weighted by Gasteiger charge is 2.31. The molecule has 4 heteroatoms. The van der Waals surface area contributed by atoms with Gasteiger partial charge in [-0.1, -0.05) is 36.9 Å². The fraction of sp³-hybridized carbons (Fsp3) is 0.471. The van der Waals surface area contributed by atoms with Crippen molar-refractivity contribution in [3.63, 3.8) is 0 Å². The first kappa shape index (κ1) is 19.7. The van der Waals surface area contributed by atoms with E-state index in [9.17, 15) is 4.79 Å². The van der Waals surface area contributed by atoms with Crippen LogP contribution in [0.1, 0.15) is 26.3 Å². The van der Waals surface area contributed by atoms with Gasteiger partial charge in [-0.15, -0.1) is 0 Å². The summed E-state index contributed by atoms with van der Waals surface area (Å²) in [6.07, 6.45) is 1.22. The summed E-state index contributed by atoms with van der Waals surface area (Å²) >= 11 is 0. The summed E-state index contributed by atoms with van der Waals surface area (Å²) in [6.45, 7) is 13.4. The Kier molecular flexibility index (Phi) is 8.98. The SMILES string of the molecule is C=CC(=O)OCC(C)[N+](CC)(CC)Cc1ccccc1.[Cl-]. The quantitative estimate of drug-likeness (QED) is 0.388. The van der Waals surface area contributed by atoms with Gasteiger partial charge in [-0.05, 0) is 20.8 Å². The number of carbonyl (C=O) groups excluding carboxylic acids is 1. The predicted molar refractivity (Wildman–Crippen MR) is 82.1 cm³/mol. The van der Waals surface area contributed by atoms with Crippen molar-refractivity contribution in [2.45, 2.75) is 33.4 Å². The second-order valence-corrected chi connectivity index (χ2v) is 5.18. The molecule has 0 aliphatic carbocycles. The fourth-order valence-electron chi connectivity index (χ4n) is 2.59. The third-order valence-corrected chi connectivity index (χ3v) is 4.17. The van der Waals surface area contributed by atoms with Gasteiger partial charge in [0.05, 0.1) is 13.1 Å². The van der Waals surface area contributed by atoms with E-state index in [1.54, 1.807) is 0 Å². The van der Waals surface area contributed by atoms with Gasteiger partial charge < -0.3 is 21.6 Å². The molecule has 21 heavy (non-hydrogen) atoms. The van der Waals surface area contributed by atoms with Gasteiger partial charge in [-0.3, -0.25) is 0 Å². The maximum Gasteiger partial charge on any atom is 0.330 e. The van der Waals surface area contributed by atoms with Crippen molar-refractivity contribution in [2.75, 3.05) is 19.7 Å². The Morgan fingerprint density at radius 1 is 1.29 bits per heavy atom. The van der Waals surface area contributed by atoms with Crippen molar-refractivity contribution < 1.29 is 26.4 Å². The summed E-state index contributed by atoms with van der Waals surface area (Å²) < 4.78 is 6.14. The molecule has 0 saturated carbocycles. The van der Waals surface area contributed by atoms with E-state index >= 15 is 0 Å². The first-order valence-electron chi connectivity index (χ1n) is 7.26. The van der Waals surface area contributed by atoms with E-state index in [0.717, 1.165) is 24.1 Å². The van der Waals surface area contributed by atoms with Crippen molar-refractivity contribution >= 4 is 5.97 Å². The van der Waals surface area contributed by atoms with Crippen molar-refractivity contribution in [3.8, 4) is 0 Å². The van der Waals surface area contributed by atoms with Crippen LogP contribution in [0, 0.1) is 0 Å². The molecule has 0 N–H and O–H groups in total. The molecule has 0 amide bonds. The minimum atomic E-state index is -0.345. The van der Waals surface area contributed by atoms with E-state index in [2.05, 4.69) is 51.6 Å². The molecule has 0 bridgehead atoms. The van der Waals surface area contributed by atoms with Gasteiger partial charge in [0.15, 0.2) is 0 Å². The molecule has 1 aromatic rings. The van der Waals surface area contributed by atoms with Crippen LogP contribution in [0.15, 0.2) is 43.0 Å². The normalized spacial score (nSPS) is 12.1. The van der Waals surface area contributed by atoms with Crippen molar-refractivity contribution in [3.05, 3.63) is 48.6 Å². The van der Waals surface area contributed by atoms with E-state index in [1.807, 2.05) is 6.07 Å². The number of rotatable bonds is 8. The minimum absolute atomic E-state index is 0. The molecule has 0 spiro atoms. The zero-order chi connectivity index (χ0) is 15.0. The van der Waals surface area contributed by atoms with E-state index in [0.29, 0.717) is 6.61 Å². The third kappa shape index (κ3) is 5.52. The molecule has 0 aliphatic rings. The molecule has 0 saturated heterocycles. The topological polar surface area (TPSA) is 26.3 Å². The zero-order valence-electron chi connectivity index (χ0n) is 13.2. The van der Waals surface area contributed by atoms with Crippen molar-refractivity contribution in [1.82, 2.24) is 0 Å². The van der Waals surface area contributed by atoms with Crippen LogP contribution in [0.4, 0.5) is 0 Å². The maximum atomic E-state index is 11.2. The molecule has 0 fully saturated rings. The van der Waals surface area contributed by atoms with Crippen LogP contribution in [0.3, 0.4) is 0 Å². The molecule has 1 unspecified atom stereocenters. The van der Waals surface area contributed by atoms with Crippen LogP contribution in [0.2, 0.25) is 0 Å². The smallest absolute Gasteiger partial charge is 0.330 e. The first-order chi connectivity index (χ1) is 9.57. The van der Waals surface area contributed by atoms with Crippen LogP contribution in [0.25, 0.3) is 0 Å². The third-order valence-electron chi connectivity index (χ3n) is 4.17. The number of halogens is 1. The summed E-state index contributed by atoms with van der Waals surface area (Å²) in [7, 11) is 0. The Labute approximate surface area is 134 Å². The van der Waals surface area contributed by atoms with E-state index in [-0.39, 0.29) is 24.4 Å². The summed E-state index contributed by atoms with van der Waals surface area (Å²) in [6, 6.07) is 10.7. The first-order valence-corrected chi connectivity index (χ1v) is 7.26. The van der Waals surface area contributed by atoms with Gasteiger partial charge in [-0.2, -0.15) is 0 Å². The lowest BCUT2D eigenvalue weighted by Gasteiger charge is -2.42. The maximum absolute atomic E-state index is 11.2. The number of ether oxygens (including phenoxy) is 1. The number of benzene rings is 1. The molecule has 0 aliphatic heterocycles. The lowest BCUT2D eigenvalue weighted by Crippen LogP contribution is -3.00. The summed E-state index contributed by atoms with van der Waals surface area (Å²) in [4.78, 5) is 11.2. The predicted octanol–water partition coefficient (Wildman–Crippen LogP) is 0.165. The van der Waals surface area contributed by atoms with E-state index < -0.39 is 0 Å². The standard InChI is InChI=1S/C17H26NO2.ClH/c1-5-17(19)20-14-15(4)18(6-2,7-3)13-16-11-9-8-10-12-16;/h5,8-12,15H,1,6-7,13-14H2,2-4H3;1H/q+1;/p-1. The number of quaternary nitrogens is 1. The molecule has 1 atom stereocenters. The largest absolute Gasteiger partial charge is 1.00 e. The Morgan fingerprint density at radius 2 is 1.86 bits per heavy atom. The Bertz CT molecular complexity index is 430. The van der Waals surface area contributed by atoms with Gasteiger partial charge in [0.1, 0.15) is 19.2 Å². The van der Waals surface area contributed by atoms with Crippen LogP contribution < -0.4 is 12.4 Å². The average molecular weight is 312 g/mol. The molecule has 0 aromatic heterocycles. The molecule has 1 rings (SSSR count). The molecular weight excluding hydrogens is 286 g/mol. The Balaban J connectivity index is 0.00000400. The number of hydrogen-bond acceptors (Lipinski definition) is 2. The summed E-state index contributed by atoms with van der Waals surface area (Å²) in [5.74, 6) is -0.345. The average Bonchev–Trinajstić information content (AvgIpc) is 2.50. The molecule has 1 aromatic carbocycles. The second kappa shape index (κ2) is 9.59. The van der Waals surface area contributed by atoms with E-state index in [4.69, 9.17) is 4.74 Å². The van der Waals surface area contributed by atoms with Gasteiger partial charge in [0, 0.05) is 11.6 Å². The minimum Gasteiger partial charge on any atom is -1.00 e. The number of hydrogen-bond donors (Lipinski definition) is 0. The van der Waals surface area contributed by atoms with Crippen LogP contribution in [-0.2, 0) is 16.1 Å². The fourth-order valence-corrected chi connectivity index (χ4v) is 2.59. The Morgan fingerprint density at radius 3 is 2.33 bits per heavy atom. The van der Waals surface area contributed by atoms with E-state index in [1.165, 1.54) is 11.6 Å². The van der Waals surface area contributed by atoms with Crippen LogP contribution in [-0.4, -0.2) is 36.2 Å². The molecule has 3 nitrogen and oxygen atoms in total. The van der Waals surface area contributed by atoms with Gasteiger partial charge >= 0.3 is 5.97 Å². The van der Waals surface area contributed by atoms with Crippen LogP contribution in [0.5, 0.6) is 0 Å². The van der Waals surface area contributed by atoms with Crippen molar-refractivity contribution in [2.24, 2.45) is 0 Å². The van der Waals surface area contributed by atoms with Crippen molar-refractivity contribution in [1.29, 1.82) is 0 Å². The highest BCUT2D eigenvalue weighted by atomic mass is 35.5. The molecular formula is C17H26ClNO2. The second-order valence-electron chi connectivity index (χ2n) is 5.18. The van der Waals surface area contributed by atoms with Gasteiger partial charge in [0.25, 0.3) is 0 Å². The zero-order valence-corrected chi connectivity index (χ0v) is 14.0. The number of nitrogens with zero attached hydrogens (tertiary/aromatic N) is 1. The Hall–Kier alpha value is -1.32. The highest BCUT2D eigenvalue weighted by molar-refractivity contribution is 5.81. The van der Waals surface area contributed by atoms with Gasteiger partial charge in [-0.25, -0.2) is 4.79 Å². The van der Waals surface area contributed by atoms with Crippen LogP contribution >= 0.6 is 0 Å². The molecule has 0 heterocycles. The monoisotopic (exact) mass is 311 g/mol.